The fourth-order valence-corrected chi connectivity index (χ4v) is 3.58. The van der Waals surface area contributed by atoms with Crippen molar-refractivity contribution in [1.82, 2.24) is 14.8 Å². The van der Waals surface area contributed by atoms with Crippen molar-refractivity contribution in [2.45, 2.75) is 39.7 Å². The molecule has 1 aromatic heterocycles. The fraction of sp³-hybridized carbons (Fsp3) is 0.300. The Morgan fingerprint density at radius 2 is 1.57 bits per heavy atom. The van der Waals surface area contributed by atoms with Crippen LogP contribution >= 0.6 is 0 Å². The summed E-state index contributed by atoms with van der Waals surface area (Å²) in [5.41, 5.74) is 6.32. The molecule has 3 aromatic rings. The lowest BCUT2D eigenvalue weighted by atomic mass is 9.85. The quantitative estimate of drug-likeness (QED) is 0.661. The van der Waals surface area contributed by atoms with Gasteiger partial charge in [-0.15, -0.1) is 10.2 Å². The van der Waals surface area contributed by atoms with Crippen LogP contribution in [0.3, 0.4) is 0 Å². The summed E-state index contributed by atoms with van der Waals surface area (Å²) in [6.07, 6.45) is 0.994. The molecule has 0 aliphatic carbocycles. The highest BCUT2D eigenvalue weighted by Gasteiger charge is 2.34. The van der Waals surface area contributed by atoms with Gasteiger partial charge in [0.25, 0.3) is 0 Å². The zero-order valence-electron chi connectivity index (χ0n) is 14.1. The smallest absolute Gasteiger partial charge is 0.165 e. The zero-order chi connectivity index (χ0) is 16.2. The second kappa shape index (κ2) is 4.79. The maximum absolute atomic E-state index is 4.55. The molecule has 4 rings (SSSR count). The number of fused-ring (bicyclic) bond motifs is 3. The van der Waals surface area contributed by atoms with Crippen molar-refractivity contribution >= 4 is 0 Å². The lowest BCUT2D eigenvalue weighted by Gasteiger charge is -2.35. The third-order valence-corrected chi connectivity index (χ3v) is 4.88. The SMILES string of the molecule is Cc1cc2c(cc1C)-c1nnc(-c3ccccc3)n1C(C)(C)C2. The van der Waals surface area contributed by atoms with E-state index in [1.165, 1.54) is 22.3 Å². The van der Waals surface area contributed by atoms with Crippen molar-refractivity contribution in [2.75, 3.05) is 0 Å². The van der Waals surface area contributed by atoms with E-state index in [4.69, 9.17) is 0 Å². The molecule has 1 aliphatic rings. The molecule has 0 fully saturated rings. The second-order valence-electron chi connectivity index (χ2n) is 7.13. The Kier molecular flexibility index (Phi) is 2.95. The van der Waals surface area contributed by atoms with Gasteiger partial charge in [0.2, 0.25) is 0 Å². The Morgan fingerprint density at radius 3 is 2.30 bits per heavy atom. The maximum Gasteiger partial charge on any atom is 0.165 e. The Hall–Kier alpha value is -2.42. The van der Waals surface area contributed by atoms with Crippen LogP contribution in [-0.2, 0) is 12.0 Å². The van der Waals surface area contributed by atoms with E-state index in [-0.39, 0.29) is 5.54 Å². The van der Waals surface area contributed by atoms with Gasteiger partial charge in [-0.05, 0) is 56.9 Å². The monoisotopic (exact) mass is 303 g/mol. The Bertz CT molecular complexity index is 889. The molecule has 0 radical (unpaired) electrons. The standard InChI is InChI=1S/C20H21N3/c1-13-10-16-12-20(3,4)23-18(15-8-6-5-7-9-15)21-22-19(23)17(16)11-14(13)2/h5-11H,12H2,1-4H3. The Morgan fingerprint density at radius 1 is 0.913 bits per heavy atom. The van der Waals surface area contributed by atoms with Crippen LogP contribution < -0.4 is 0 Å². The molecule has 0 spiro atoms. The maximum atomic E-state index is 4.55. The minimum absolute atomic E-state index is 0.0430. The van der Waals surface area contributed by atoms with Gasteiger partial charge in [0.15, 0.2) is 11.6 Å². The van der Waals surface area contributed by atoms with Crippen molar-refractivity contribution < 1.29 is 0 Å². The number of benzene rings is 2. The topological polar surface area (TPSA) is 30.7 Å². The third kappa shape index (κ3) is 2.11. The predicted octanol–water partition coefficient (Wildman–Crippen LogP) is 4.52. The fourth-order valence-electron chi connectivity index (χ4n) is 3.58. The molecule has 3 nitrogen and oxygen atoms in total. The minimum atomic E-state index is -0.0430. The summed E-state index contributed by atoms with van der Waals surface area (Å²) in [6, 6.07) is 14.9. The molecular weight excluding hydrogens is 282 g/mol. The van der Waals surface area contributed by atoms with Gasteiger partial charge >= 0.3 is 0 Å². The molecular formula is C20H21N3. The van der Waals surface area contributed by atoms with Crippen LogP contribution in [-0.4, -0.2) is 14.8 Å². The summed E-state index contributed by atoms with van der Waals surface area (Å²) in [7, 11) is 0. The summed E-state index contributed by atoms with van der Waals surface area (Å²) in [5.74, 6) is 1.94. The first kappa shape index (κ1) is 14.2. The summed E-state index contributed by atoms with van der Waals surface area (Å²) < 4.78 is 2.30. The summed E-state index contributed by atoms with van der Waals surface area (Å²) >= 11 is 0. The molecule has 23 heavy (non-hydrogen) atoms. The van der Waals surface area contributed by atoms with Crippen molar-refractivity contribution in [1.29, 1.82) is 0 Å². The van der Waals surface area contributed by atoms with E-state index in [9.17, 15) is 0 Å². The van der Waals surface area contributed by atoms with Crippen LogP contribution in [0.4, 0.5) is 0 Å². The molecule has 116 valence electrons. The van der Waals surface area contributed by atoms with Gasteiger partial charge < -0.3 is 4.57 Å². The molecule has 2 heterocycles. The van der Waals surface area contributed by atoms with Crippen LogP contribution in [0.25, 0.3) is 22.8 Å². The van der Waals surface area contributed by atoms with Crippen LogP contribution in [0, 0.1) is 13.8 Å². The Balaban J connectivity index is 1.99. The zero-order valence-corrected chi connectivity index (χ0v) is 14.1. The number of aromatic nitrogens is 3. The lowest BCUT2D eigenvalue weighted by molar-refractivity contribution is 0.351. The molecule has 0 saturated heterocycles. The molecule has 0 N–H and O–H groups in total. The highest BCUT2D eigenvalue weighted by Crippen LogP contribution is 2.40. The molecule has 0 bridgehead atoms. The number of rotatable bonds is 1. The van der Waals surface area contributed by atoms with Crippen molar-refractivity contribution in [3.05, 3.63) is 59.2 Å². The van der Waals surface area contributed by atoms with E-state index >= 15 is 0 Å². The summed E-state index contributed by atoms with van der Waals surface area (Å²) in [6.45, 7) is 8.88. The predicted molar refractivity (Wildman–Crippen MR) is 93.4 cm³/mol. The van der Waals surface area contributed by atoms with Crippen molar-refractivity contribution in [3.8, 4) is 22.8 Å². The minimum Gasteiger partial charge on any atom is -0.301 e. The van der Waals surface area contributed by atoms with Gasteiger partial charge in [-0.25, -0.2) is 0 Å². The van der Waals surface area contributed by atoms with E-state index < -0.39 is 0 Å². The molecule has 0 amide bonds. The van der Waals surface area contributed by atoms with Crippen LogP contribution in [0.15, 0.2) is 42.5 Å². The molecule has 3 heteroatoms. The summed E-state index contributed by atoms with van der Waals surface area (Å²) in [5, 5.41) is 9.08. The average Bonchev–Trinajstić information content (AvgIpc) is 2.97. The first-order valence-corrected chi connectivity index (χ1v) is 8.09. The van der Waals surface area contributed by atoms with Gasteiger partial charge in [0.1, 0.15) is 0 Å². The van der Waals surface area contributed by atoms with E-state index in [0.29, 0.717) is 0 Å². The third-order valence-electron chi connectivity index (χ3n) is 4.88. The Labute approximate surface area is 137 Å². The van der Waals surface area contributed by atoms with Gasteiger partial charge in [-0.2, -0.15) is 0 Å². The largest absolute Gasteiger partial charge is 0.301 e. The number of hydrogen-bond donors (Lipinski definition) is 0. The molecule has 0 unspecified atom stereocenters. The number of aryl methyl sites for hydroxylation is 2. The van der Waals surface area contributed by atoms with Gasteiger partial charge in [0, 0.05) is 16.7 Å². The number of hydrogen-bond acceptors (Lipinski definition) is 2. The van der Waals surface area contributed by atoms with E-state index in [1.54, 1.807) is 0 Å². The number of nitrogens with zero attached hydrogens (tertiary/aromatic N) is 3. The molecule has 0 saturated carbocycles. The van der Waals surface area contributed by atoms with Crippen molar-refractivity contribution in [2.24, 2.45) is 0 Å². The van der Waals surface area contributed by atoms with Gasteiger partial charge in [-0.1, -0.05) is 36.4 Å². The van der Waals surface area contributed by atoms with Crippen LogP contribution in [0.2, 0.25) is 0 Å². The van der Waals surface area contributed by atoms with Crippen LogP contribution in [0.5, 0.6) is 0 Å². The highest BCUT2D eigenvalue weighted by atomic mass is 15.3. The van der Waals surface area contributed by atoms with Gasteiger partial charge in [0.05, 0.1) is 0 Å². The average molecular weight is 303 g/mol. The normalized spacial score (nSPS) is 15.1. The highest BCUT2D eigenvalue weighted by molar-refractivity contribution is 5.69. The van der Waals surface area contributed by atoms with Crippen LogP contribution in [0.1, 0.15) is 30.5 Å². The first-order chi connectivity index (χ1) is 11.0. The molecule has 2 aromatic carbocycles. The molecule has 1 aliphatic heterocycles. The molecule has 0 atom stereocenters. The lowest BCUT2D eigenvalue weighted by Crippen LogP contribution is -2.34. The summed E-state index contributed by atoms with van der Waals surface area (Å²) in [4.78, 5) is 0. The first-order valence-electron chi connectivity index (χ1n) is 8.09. The van der Waals surface area contributed by atoms with E-state index in [0.717, 1.165) is 23.6 Å². The van der Waals surface area contributed by atoms with E-state index in [1.807, 2.05) is 18.2 Å². The van der Waals surface area contributed by atoms with E-state index in [2.05, 4.69) is 66.7 Å². The van der Waals surface area contributed by atoms with Gasteiger partial charge in [-0.3, -0.25) is 0 Å². The van der Waals surface area contributed by atoms with Crippen molar-refractivity contribution in [3.63, 3.8) is 0 Å². The second-order valence-corrected chi connectivity index (χ2v) is 7.13.